The normalized spacial score (nSPS) is 21.1. The molecule has 2 unspecified atom stereocenters. The first-order valence-corrected chi connectivity index (χ1v) is 16.8. The number of amides is 1. The molecule has 1 saturated heterocycles. The van der Waals surface area contributed by atoms with E-state index in [9.17, 15) is 23.7 Å². The van der Waals surface area contributed by atoms with Crippen LogP contribution in [-0.2, 0) is 36.8 Å². The second-order valence-electron chi connectivity index (χ2n) is 7.68. The topological polar surface area (TPSA) is 163 Å². The zero-order chi connectivity index (χ0) is 26.3. The first kappa shape index (κ1) is 31.7. The Hall–Kier alpha value is -0.500. The molecule has 1 aliphatic heterocycles. The van der Waals surface area contributed by atoms with Crippen molar-refractivity contribution in [3.8, 4) is 0 Å². The van der Waals surface area contributed by atoms with Gasteiger partial charge >= 0.3 is 15.6 Å². The average molecular weight is 589 g/mol. The number of hydrogen-bond donors (Lipinski definition) is 3. The fourth-order valence-corrected chi connectivity index (χ4v) is 6.35. The molecule has 1 amide bonds. The predicted molar refractivity (Wildman–Crippen MR) is 136 cm³/mol. The Kier molecular flexibility index (Phi) is 15.1. The lowest BCUT2D eigenvalue weighted by molar-refractivity contribution is -0.120. The van der Waals surface area contributed by atoms with Crippen molar-refractivity contribution in [1.29, 1.82) is 0 Å². The van der Waals surface area contributed by atoms with E-state index in [1.165, 1.54) is 0 Å². The maximum atomic E-state index is 12.2. The highest BCUT2D eigenvalue weighted by Gasteiger charge is 2.37. The van der Waals surface area contributed by atoms with E-state index in [0.29, 0.717) is 31.6 Å². The molecular formula is C20H34N2O10P2S2. The maximum Gasteiger partial charge on any atom is 0.472 e. The third kappa shape index (κ3) is 13.9. The van der Waals surface area contributed by atoms with Gasteiger partial charge < -0.3 is 19.8 Å². The summed E-state index contributed by atoms with van der Waals surface area (Å²) in [4.78, 5) is 35.3. The van der Waals surface area contributed by atoms with Gasteiger partial charge in [0.1, 0.15) is 17.2 Å². The molecule has 3 N–H and O–H groups in total. The van der Waals surface area contributed by atoms with Gasteiger partial charge in [-0.15, -0.1) is 0 Å². The largest absolute Gasteiger partial charge is 0.472 e. The van der Waals surface area contributed by atoms with Gasteiger partial charge in [0.05, 0.1) is 13.2 Å². The lowest BCUT2D eigenvalue weighted by Gasteiger charge is -2.22. The number of ether oxygens (including phenoxy) is 1. The fourth-order valence-electron chi connectivity index (χ4n) is 3.04. The van der Waals surface area contributed by atoms with E-state index in [2.05, 4.69) is 14.8 Å². The first-order valence-electron chi connectivity index (χ1n) is 11.5. The molecule has 0 radical (unpaired) electrons. The molecule has 0 aliphatic carbocycles. The molecular weight excluding hydrogens is 554 g/mol. The number of hydrogen-bond acceptors (Lipinski definition) is 11. The van der Waals surface area contributed by atoms with Crippen molar-refractivity contribution >= 4 is 43.1 Å². The molecule has 36 heavy (non-hydrogen) atoms. The van der Waals surface area contributed by atoms with Crippen LogP contribution in [0.1, 0.15) is 38.5 Å². The summed E-state index contributed by atoms with van der Waals surface area (Å²) in [5.41, 5.74) is 0. The molecule has 0 bridgehead atoms. The Bertz CT molecular complexity index is 870. The lowest BCUT2D eigenvalue weighted by atomic mass is 10.2. The number of nitrogens with zero attached hydrogens (tertiary/aromatic N) is 1. The maximum absolute atomic E-state index is 12.2. The van der Waals surface area contributed by atoms with Gasteiger partial charge in [-0.25, -0.2) is 14.1 Å². The van der Waals surface area contributed by atoms with Gasteiger partial charge in [-0.2, -0.15) is 0 Å². The van der Waals surface area contributed by atoms with Crippen LogP contribution in [-0.4, -0.2) is 72.1 Å². The lowest BCUT2D eigenvalue weighted by Crippen LogP contribution is -2.28. The number of aromatic nitrogens is 1. The van der Waals surface area contributed by atoms with Crippen molar-refractivity contribution in [2.24, 2.45) is 0 Å². The van der Waals surface area contributed by atoms with Gasteiger partial charge in [0.25, 0.3) is 0 Å². The van der Waals surface area contributed by atoms with Gasteiger partial charge in [0, 0.05) is 45.1 Å². The molecule has 0 spiro atoms. The quantitative estimate of drug-likeness (QED) is 0.121. The van der Waals surface area contributed by atoms with Crippen molar-refractivity contribution < 1.29 is 46.5 Å². The minimum absolute atomic E-state index is 0.00874. The van der Waals surface area contributed by atoms with E-state index in [0.717, 1.165) is 31.4 Å². The molecule has 2 heterocycles. The van der Waals surface area contributed by atoms with E-state index in [4.69, 9.17) is 18.3 Å². The molecule has 16 heteroatoms. The molecule has 1 aromatic heterocycles. The van der Waals surface area contributed by atoms with Gasteiger partial charge in [-0.3, -0.25) is 22.9 Å². The zero-order valence-electron chi connectivity index (χ0n) is 20.1. The SMILES string of the molecule is COP(=O)(O)OC[C@H]1OCC[C@H]1OP(=O)(O)OCCCCCCNC(=O)CCSSc1ccccn1. The van der Waals surface area contributed by atoms with E-state index >= 15 is 0 Å². The van der Waals surface area contributed by atoms with Crippen molar-refractivity contribution in [2.45, 2.75) is 55.8 Å². The van der Waals surface area contributed by atoms with Crippen LogP contribution in [0.2, 0.25) is 0 Å². The number of carbonyl (C=O) groups is 1. The smallest absolute Gasteiger partial charge is 0.373 e. The minimum Gasteiger partial charge on any atom is -0.373 e. The molecule has 1 aromatic rings. The van der Waals surface area contributed by atoms with E-state index in [1.54, 1.807) is 27.8 Å². The number of nitrogens with one attached hydrogen (secondary N) is 1. The van der Waals surface area contributed by atoms with Crippen molar-refractivity contribution in [2.75, 3.05) is 39.2 Å². The van der Waals surface area contributed by atoms with Crippen LogP contribution in [0.3, 0.4) is 0 Å². The average Bonchev–Trinajstić information content (AvgIpc) is 3.29. The molecule has 0 saturated carbocycles. The summed E-state index contributed by atoms with van der Waals surface area (Å²) in [5, 5.41) is 3.81. The van der Waals surface area contributed by atoms with Gasteiger partial charge in [-0.1, -0.05) is 29.7 Å². The van der Waals surface area contributed by atoms with Crippen LogP contribution in [0.15, 0.2) is 29.4 Å². The molecule has 0 aromatic carbocycles. The second-order valence-corrected chi connectivity index (χ2v) is 13.1. The molecule has 12 nitrogen and oxygen atoms in total. The first-order chi connectivity index (χ1) is 17.2. The Morgan fingerprint density at radius 1 is 1.19 bits per heavy atom. The van der Waals surface area contributed by atoms with Crippen molar-refractivity contribution in [1.82, 2.24) is 10.3 Å². The Balaban J connectivity index is 1.47. The van der Waals surface area contributed by atoms with Crippen LogP contribution in [0.25, 0.3) is 0 Å². The van der Waals surface area contributed by atoms with Crippen molar-refractivity contribution in [3.63, 3.8) is 0 Å². The van der Waals surface area contributed by atoms with Gasteiger partial charge in [0.2, 0.25) is 5.91 Å². The van der Waals surface area contributed by atoms with Gasteiger partial charge in [0.15, 0.2) is 0 Å². The summed E-state index contributed by atoms with van der Waals surface area (Å²) in [6.07, 6.45) is 3.84. The monoisotopic (exact) mass is 588 g/mol. The Labute approximate surface area is 219 Å². The number of carbonyl (C=O) groups excluding carboxylic acids is 1. The summed E-state index contributed by atoms with van der Waals surface area (Å²) in [5.74, 6) is 0.707. The Morgan fingerprint density at radius 2 is 2.00 bits per heavy atom. The molecule has 1 fully saturated rings. The molecule has 2 rings (SSSR count). The molecule has 4 atom stereocenters. The predicted octanol–water partition coefficient (Wildman–Crippen LogP) is 3.94. The molecule has 206 valence electrons. The number of rotatable bonds is 19. The summed E-state index contributed by atoms with van der Waals surface area (Å²) in [6.45, 7) is 0.538. The van der Waals surface area contributed by atoms with Crippen molar-refractivity contribution in [3.05, 3.63) is 24.4 Å². The fraction of sp³-hybridized carbons (Fsp3) is 0.700. The number of phosphoric ester groups is 2. The zero-order valence-corrected chi connectivity index (χ0v) is 23.5. The van der Waals surface area contributed by atoms with Crippen LogP contribution < -0.4 is 5.32 Å². The number of pyridine rings is 1. The summed E-state index contributed by atoms with van der Waals surface area (Å²) < 4.78 is 48.2. The molecule has 1 aliphatic rings. The van der Waals surface area contributed by atoms with Gasteiger partial charge in [-0.05, 0) is 35.8 Å². The summed E-state index contributed by atoms with van der Waals surface area (Å²) in [6, 6.07) is 5.71. The summed E-state index contributed by atoms with van der Waals surface area (Å²) >= 11 is 0. The van der Waals surface area contributed by atoms with Crippen LogP contribution in [0.4, 0.5) is 0 Å². The van der Waals surface area contributed by atoms with Crippen LogP contribution in [0.5, 0.6) is 0 Å². The highest BCUT2D eigenvalue weighted by molar-refractivity contribution is 8.76. The minimum atomic E-state index is -4.32. The second kappa shape index (κ2) is 17.2. The summed E-state index contributed by atoms with van der Waals surface area (Å²) in [7, 11) is -4.34. The highest BCUT2D eigenvalue weighted by atomic mass is 33.1. The Morgan fingerprint density at radius 3 is 2.75 bits per heavy atom. The third-order valence-corrected chi connectivity index (χ3v) is 9.14. The third-order valence-electron chi connectivity index (χ3n) is 4.89. The standard InChI is InChI=1S/C20H34N2O10P2S2/c1-28-33(24,25)31-16-18-17(9-14-29-18)32-34(26,27)30-13-7-3-2-5-11-21-19(23)10-15-35-36-20-8-4-6-12-22-20/h4,6,8,12,17-18H,2-3,5,7,9-11,13-16H2,1H3,(H,21,23)(H,24,25)(H,26,27)/t17-,18-/m1/s1. The van der Waals surface area contributed by atoms with E-state index in [-0.39, 0.29) is 25.7 Å². The van der Waals surface area contributed by atoms with E-state index < -0.39 is 27.9 Å². The van der Waals surface area contributed by atoms with Crippen LogP contribution in [0, 0.1) is 0 Å². The number of unbranched alkanes of at least 4 members (excludes halogenated alkanes) is 3. The highest BCUT2D eigenvalue weighted by Crippen LogP contribution is 2.48. The number of phosphoric acid groups is 2. The van der Waals surface area contributed by atoms with Crippen LogP contribution >= 0.6 is 37.2 Å². The van der Waals surface area contributed by atoms with E-state index in [1.807, 2.05) is 18.2 Å².